The molecule has 116 valence electrons. The minimum atomic E-state index is -0.191. The molecule has 1 amide bonds. The SMILES string of the molecule is O=C(C=Cc1cccs1)NC(Cn1nccn1)c1ccccc1. The molecule has 23 heavy (non-hydrogen) atoms. The van der Waals surface area contributed by atoms with Crippen LogP contribution in [0.3, 0.4) is 0 Å². The number of amides is 1. The van der Waals surface area contributed by atoms with Crippen molar-refractivity contribution in [2.45, 2.75) is 12.6 Å². The molecule has 0 aliphatic carbocycles. The molecule has 6 heteroatoms. The van der Waals surface area contributed by atoms with Crippen LogP contribution in [0.25, 0.3) is 6.08 Å². The van der Waals surface area contributed by atoms with Gasteiger partial charge in [-0.2, -0.15) is 15.0 Å². The van der Waals surface area contributed by atoms with E-state index >= 15 is 0 Å². The summed E-state index contributed by atoms with van der Waals surface area (Å²) in [5.41, 5.74) is 1.02. The van der Waals surface area contributed by atoms with Crippen molar-refractivity contribution in [1.29, 1.82) is 0 Å². The van der Waals surface area contributed by atoms with Crippen molar-refractivity contribution >= 4 is 23.3 Å². The Morgan fingerprint density at radius 3 is 2.65 bits per heavy atom. The zero-order valence-electron chi connectivity index (χ0n) is 12.4. The van der Waals surface area contributed by atoms with E-state index in [1.165, 1.54) is 0 Å². The number of nitrogens with one attached hydrogen (secondary N) is 1. The molecule has 3 aromatic rings. The summed E-state index contributed by atoms with van der Waals surface area (Å²) < 4.78 is 0. The molecule has 5 nitrogen and oxygen atoms in total. The average molecular weight is 324 g/mol. The van der Waals surface area contributed by atoms with Crippen LogP contribution in [0, 0.1) is 0 Å². The Morgan fingerprint density at radius 1 is 1.17 bits per heavy atom. The lowest BCUT2D eigenvalue weighted by molar-refractivity contribution is -0.117. The van der Waals surface area contributed by atoms with E-state index < -0.39 is 0 Å². The van der Waals surface area contributed by atoms with Crippen LogP contribution in [-0.4, -0.2) is 20.9 Å². The second kappa shape index (κ2) is 7.51. The molecule has 3 rings (SSSR count). The van der Waals surface area contributed by atoms with E-state index in [2.05, 4.69) is 15.5 Å². The van der Waals surface area contributed by atoms with Crippen LogP contribution in [0.2, 0.25) is 0 Å². The molecule has 0 fully saturated rings. The molecule has 0 bridgehead atoms. The fraction of sp³-hybridized carbons (Fsp3) is 0.118. The number of aromatic nitrogens is 3. The molecule has 1 unspecified atom stereocenters. The van der Waals surface area contributed by atoms with Gasteiger partial charge < -0.3 is 5.32 Å². The summed E-state index contributed by atoms with van der Waals surface area (Å²) in [5, 5.41) is 13.2. The van der Waals surface area contributed by atoms with Gasteiger partial charge in [-0.05, 0) is 23.1 Å². The largest absolute Gasteiger partial charge is 0.344 e. The second-order valence-corrected chi connectivity index (χ2v) is 5.88. The Balaban J connectivity index is 1.71. The molecule has 2 heterocycles. The normalized spacial score (nSPS) is 12.3. The highest BCUT2D eigenvalue weighted by Crippen LogP contribution is 2.15. The fourth-order valence-electron chi connectivity index (χ4n) is 2.18. The van der Waals surface area contributed by atoms with E-state index in [4.69, 9.17) is 0 Å². The zero-order valence-corrected chi connectivity index (χ0v) is 13.2. The Morgan fingerprint density at radius 2 is 1.96 bits per heavy atom. The van der Waals surface area contributed by atoms with Crippen LogP contribution in [0.1, 0.15) is 16.5 Å². The van der Waals surface area contributed by atoms with Crippen LogP contribution >= 0.6 is 11.3 Å². The first-order chi connectivity index (χ1) is 11.3. The van der Waals surface area contributed by atoms with Gasteiger partial charge in [0.05, 0.1) is 25.0 Å². The van der Waals surface area contributed by atoms with Gasteiger partial charge in [-0.25, -0.2) is 0 Å². The van der Waals surface area contributed by atoms with Gasteiger partial charge in [-0.15, -0.1) is 11.3 Å². The van der Waals surface area contributed by atoms with Crippen molar-refractivity contribution in [1.82, 2.24) is 20.3 Å². The van der Waals surface area contributed by atoms with Crippen molar-refractivity contribution in [3.63, 3.8) is 0 Å². The molecular formula is C17H16N4OS. The average Bonchev–Trinajstić information content (AvgIpc) is 3.27. The summed E-state index contributed by atoms with van der Waals surface area (Å²) in [6, 6.07) is 13.6. The summed E-state index contributed by atoms with van der Waals surface area (Å²) in [6.07, 6.45) is 6.62. The summed E-state index contributed by atoms with van der Waals surface area (Å²) in [5.74, 6) is -0.139. The highest BCUT2D eigenvalue weighted by atomic mass is 32.1. The van der Waals surface area contributed by atoms with Gasteiger partial charge in [0.1, 0.15) is 0 Å². The number of nitrogens with zero attached hydrogens (tertiary/aromatic N) is 3. The molecule has 0 aliphatic heterocycles. The van der Waals surface area contributed by atoms with Gasteiger partial charge in [0.15, 0.2) is 0 Å². The van der Waals surface area contributed by atoms with Gasteiger partial charge in [0.25, 0.3) is 0 Å². The van der Waals surface area contributed by atoms with Crippen LogP contribution in [0.5, 0.6) is 0 Å². The molecule has 0 aliphatic rings. The Bertz CT molecular complexity index is 751. The van der Waals surface area contributed by atoms with E-state index in [0.717, 1.165) is 10.4 Å². The molecular weight excluding hydrogens is 308 g/mol. The summed E-state index contributed by atoms with van der Waals surface area (Å²) in [6.45, 7) is 0.482. The first-order valence-electron chi connectivity index (χ1n) is 7.22. The molecule has 1 N–H and O–H groups in total. The third-order valence-electron chi connectivity index (χ3n) is 3.27. The van der Waals surface area contributed by atoms with Gasteiger partial charge in [-0.1, -0.05) is 36.4 Å². The third kappa shape index (κ3) is 4.37. The maximum Gasteiger partial charge on any atom is 0.244 e. The van der Waals surface area contributed by atoms with Crippen molar-refractivity contribution in [2.24, 2.45) is 0 Å². The smallest absolute Gasteiger partial charge is 0.244 e. The van der Waals surface area contributed by atoms with E-state index in [9.17, 15) is 4.79 Å². The Kier molecular flexibility index (Phi) is 4.95. The highest BCUT2D eigenvalue weighted by molar-refractivity contribution is 7.10. The van der Waals surface area contributed by atoms with E-state index in [0.29, 0.717) is 6.54 Å². The second-order valence-electron chi connectivity index (χ2n) is 4.90. The van der Waals surface area contributed by atoms with Gasteiger partial charge in [0, 0.05) is 11.0 Å². The van der Waals surface area contributed by atoms with E-state index in [-0.39, 0.29) is 11.9 Å². The monoisotopic (exact) mass is 324 g/mol. The number of carbonyl (C=O) groups is 1. The Hall–Kier alpha value is -2.73. The first kappa shape index (κ1) is 15.2. The number of hydrogen-bond acceptors (Lipinski definition) is 4. The van der Waals surface area contributed by atoms with Gasteiger partial charge >= 0.3 is 0 Å². The maximum absolute atomic E-state index is 12.2. The predicted molar refractivity (Wildman–Crippen MR) is 90.7 cm³/mol. The minimum Gasteiger partial charge on any atom is -0.344 e. The number of benzene rings is 1. The molecule has 1 atom stereocenters. The topological polar surface area (TPSA) is 59.8 Å². The molecule has 0 saturated carbocycles. The van der Waals surface area contributed by atoms with Gasteiger partial charge in [-0.3, -0.25) is 4.79 Å². The maximum atomic E-state index is 12.2. The fourth-order valence-corrected chi connectivity index (χ4v) is 2.80. The van der Waals surface area contributed by atoms with Crippen LogP contribution in [-0.2, 0) is 11.3 Å². The van der Waals surface area contributed by atoms with Crippen molar-refractivity contribution in [2.75, 3.05) is 0 Å². The third-order valence-corrected chi connectivity index (χ3v) is 4.11. The lowest BCUT2D eigenvalue weighted by atomic mass is 10.1. The van der Waals surface area contributed by atoms with Gasteiger partial charge in [0.2, 0.25) is 5.91 Å². The highest BCUT2D eigenvalue weighted by Gasteiger charge is 2.14. The van der Waals surface area contributed by atoms with E-state index in [1.54, 1.807) is 34.6 Å². The molecule has 1 aromatic carbocycles. The van der Waals surface area contributed by atoms with E-state index in [1.807, 2.05) is 53.9 Å². The lowest BCUT2D eigenvalue weighted by Crippen LogP contribution is -2.30. The summed E-state index contributed by atoms with van der Waals surface area (Å²) in [7, 11) is 0. The standard InChI is InChI=1S/C17H16N4OS/c22-17(9-8-15-7-4-12-23-15)20-16(13-21-18-10-11-19-21)14-5-2-1-3-6-14/h1-12,16H,13H2,(H,20,22). The van der Waals surface area contributed by atoms with Crippen molar-refractivity contribution in [3.8, 4) is 0 Å². The van der Waals surface area contributed by atoms with Crippen molar-refractivity contribution in [3.05, 3.63) is 76.8 Å². The predicted octanol–water partition coefficient (Wildman–Crippen LogP) is 2.91. The number of carbonyl (C=O) groups excluding carboxylic acids is 1. The zero-order chi connectivity index (χ0) is 15.9. The lowest BCUT2D eigenvalue weighted by Gasteiger charge is -2.17. The number of rotatable bonds is 6. The van der Waals surface area contributed by atoms with Crippen LogP contribution in [0.4, 0.5) is 0 Å². The molecule has 0 radical (unpaired) electrons. The summed E-state index contributed by atoms with van der Waals surface area (Å²) >= 11 is 1.59. The minimum absolute atomic E-state index is 0.139. The van der Waals surface area contributed by atoms with Crippen LogP contribution in [0.15, 0.2) is 66.3 Å². The number of hydrogen-bond donors (Lipinski definition) is 1. The molecule has 0 saturated heterocycles. The first-order valence-corrected chi connectivity index (χ1v) is 8.10. The van der Waals surface area contributed by atoms with Crippen LogP contribution < -0.4 is 5.32 Å². The summed E-state index contributed by atoms with van der Waals surface area (Å²) in [4.78, 5) is 14.8. The quantitative estimate of drug-likeness (QED) is 0.709. The molecule has 0 spiro atoms. The van der Waals surface area contributed by atoms with Crippen molar-refractivity contribution < 1.29 is 4.79 Å². The Labute approximate surface area is 138 Å². The molecule has 2 aromatic heterocycles. The number of thiophene rings is 1.